The van der Waals surface area contributed by atoms with Gasteiger partial charge in [-0.1, -0.05) is 50.7 Å². The molecule has 38 heavy (non-hydrogen) atoms. The van der Waals surface area contributed by atoms with E-state index in [0.717, 1.165) is 16.3 Å². The van der Waals surface area contributed by atoms with Crippen LogP contribution in [0.4, 0.5) is 10.2 Å². The number of rotatable bonds is 12. The van der Waals surface area contributed by atoms with E-state index in [2.05, 4.69) is 4.98 Å². The first-order valence-corrected chi connectivity index (χ1v) is 15.4. The molecule has 3 N–H and O–H groups in total. The molecule has 2 aromatic rings. The van der Waals surface area contributed by atoms with Gasteiger partial charge in [0.1, 0.15) is 23.0 Å². The Hall–Kier alpha value is -1.89. The number of nitrogen functional groups attached to an aromatic ring is 1. The van der Waals surface area contributed by atoms with Crippen molar-refractivity contribution in [2.24, 2.45) is 5.41 Å². The Labute approximate surface area is 229 Å². The number of para-hydroxylation sites is 1. The number of hydrogen-bond acceptors (Lipinski definition) is 11. The largest absolute Gasteiger partial charge is 0.530 e. The van der Waals surface area contributed by atoms with Gasteiger partial charge in [0.15, 0.2) is 11.3 Å². The zero-order valence-electron chi connectivity index (χ0n) is 21.4. The molecular weight excluding hydrogens is 556 g/mol. The maximum Gasteiger partial charge on any atom is 0.530 e. The molecule has 0 saturated carbocycles. The molecule has 0 aliphatic carbocycles. The van der Waals surface area contributed by atoms with Gasteiger partial charge in [0.25, 0.3) is 0 Å². The Morgan fingerprint density at radius 3 is 2.61 bits per heavy atom. The number of aromatic nitrogens is 2. The molecule has 1 aromatic heterocycles. The first-order valence-electron chi connectivity index (χ1n) is 12.0. The number of thioether (sulfide) groups is 2. The zero-order valence-corrected chi connectivity index (χ0v) is 23.9. The predicted octanol–water partition coefficient (Wildman–Crippen LogP) is 4.44. The molecule has 14 heteroatoms. The lowest BCUT2D eigenvalue weighted by Crippen LogP contribution is -2.33. The van der Waals surface area contributed by atoms with E-state index in [1.165, 1.54) is 24.0 Å². The molecule has 1 unspecified atom stereocenters. The third-order valence-electron chi connectivity index (χ3n) is 5.41. The van der Waals surface area contributed by atoms with Crippen molar-refractivity contribution in [2.75, 3.05) is 24.7 Å². The Morgan fingerprint density at radius 1 is 1.24 bits per heavy atom. The molecule has 1 aromatic carbocycles. The van der Waals surface area contributed by atoms with E-state index in [1.54, 1.807) is 30.3 Å². The van der Waals surface area contributed by atoms with Crippen molar-refractivity contribution in [2.45, 2.75) is 56.5 Å². The molecule has 3 rings (SSSR count). The molecule has 0 bridgehead atoms. The highest BCUT2D eigenvalue weighted by molar-refractivity contribution is 8.13. The fourth-order valence-electron chi connectivity index (χ4n) is 3.31. The van der Waals surface area contributed by atoms with E-state index >= 15 is 0 Å². The fourth-order valence-corrected chi connectivity index (χ4v) is 7.05. The SMILES string of the molecule is CC(C)(C)C(=O)SCCCCOP(=O)(OC[C@H]1S[C@@H](n2ccc(N)nc2=O)[C@@H](F)[C@@H]1O)Oc1ccccc1. The lowest BCUT2D eigenvalue weighted by Gasteiger charge is -2.21. The van der Waals surface area contributed by atoms with Crippen LogP contribution in [0.5, 0.6) is 5.75 Å². The Morgan fingerprint density at radius 2 is 1.95 bits per heavy atom. The number of anilines is 1. The van der Waals surface area contributed by atoms with Crippen molar-refractivity contribution in [3.05, 3.63) is 53.1 Å². The van der Waals surface area contributed by atoms with Crippen molar-refractivity contribution in [3.63, 3.8) is 0 Å². The third kappa shape index (κ3) is 8.56. The molecule has 5 atom stereocenters. The molecule has 1 fully saturated rings. The van der Waals surface area contributed by atoms with Gasteiger partial charge in [0.2, 0.25) is 0 Å². The van der Waals surface area contributed by atoms with Crippen molar-refractivity contribution in [1.82, 2.24) is 9.55 Å². The van der Waals surface area contributed by atoms with E-state index in [4.69, 9.17) is 19.3 Å². The van der Waals surface area contributed by atoms with E-state index in [1.807, 2.05) is 20.8 Å². The summed E-state index contributed by atoms with van der Waals surface area (Å²) in [6, 6.07) is 9.67. The van der Waals surface area contributed by atoms with Crippen molar-refractivity contribution in [1.29, 1.82) is 0 Å². The average Bonchev–Trinajstić information content (AvgIpc) is 3.13. The summed E-state index contributed by atoms with van der Waals surface area (Å²) in [5.74, 6) is 0.844. The molecule has 0 radical (unpaired) electrons. The van der Waals surface area contributed by atoms with Crippen molar-refractivity contribution < 1.29 is 32.4 Å². The van der Waals surface area contributed by atoms with Crippen LogP contribution in [0.1, 0.15) is 39.0 Å². The number of nitrogens with zero attached hydrogens (tertiary/aromatic N) is 2. The second kappa shape index (κ2) is 13.5. The van der Waals surface area contributed by atoms with Crippen LogP contribution >= 0.6 is 31.3 Å². The molecule has 1 aliphatic rings. The summed E-state index contributed by atoms with van der Waals surface area (Å²) in [6.07, 6.45) is -0.856. The summed E-state index contributed by atoms with van der Waals surface area (Å²) in [4.78, 5) is 27.8. The zero-order chi connectivity index (χ0) is 27.9. The summed E-state index contributed by atoms with van der Waals surface area (Å²) in [7, 11) is -4.16. The van der Waals surface area contributed by atoms with E-state index in [0.29, 0.717) is 18.6 Å². The maximum absolute atomic E-state index is 14.9. The van der Waals surface area contributed by atoms with Gasteiger partial charge in [-0.15, -0.1) is 11.8 Å². The number of aliphatic hydroxyl groups is 1. The van der Waals surface area contributed by atoms with Gasteiger partial charge < -0.3 is 15.4 Å². The molecular formula is C24H33FN3O7PS2. The van der Waals surface area contributed by atoms with Crippen LogP contribution in [0, 0.1) is 5.41 Å². The highest BCUT2D eigenvalue weighted by Crippen LogP contribution is 2.52. The maximum atomic E-state index is 14.9. The fraction of sp³-hybridized carbons (Fsp3) is 0.542. The molecule has 1 aliphatic heterocycles. The lowest BCUT2D eigenvalue weighted by atomic mass is 10.00. The Bertz CT molecular complexity index is 1180. The van der Waals surface area contributed by atoms with Gasteiger partial charge in [-0.25, -0.2) is 13.8 Å². The minimum Gasteiger partial charge on any atom is -0.404 e. The smallest absolute Gasteiger partial charge is 0.404 e. The summed E-state index contributed by atoms with van der Waals surface area (Å²) >= 11 is 2.20. The van der Waals surface area contributed by atoms with E-state index < -0.39 is 41.8 Å². The van der Waals surface area contributed by atoms with E-state index in [9.17, 15) is 23.7 Å². The minimum atomic E-state index is -4.16. The monoisotopic (exact) mass is 589 g/mol. The average molecular weight is 590 g/mol. The Balaban J connectivity index is 1.60. The van der Waals surface area contributed by atoms with Crippen LogP contribution in [-0.4, -0.2) is 56.3 Å². The van der Waals surface area contributed by atoms with Gasteiger partial charge in [-0.2, -0.15) is 4.98 Å². The highest BCUT2D eigenvalue weighted by atomic mass is 32.2. The van der Waals surface area contributed by atoms with Gasteiger partial charge >= 0.3 is 13.5 Å². The number of carbonyl (C=O) groups is 1. The van der Waals surface area contributed by atoms with Gasteiger partial charge in [-0.05, 0) is 31.0 Å². The van der Waals surface area contributed by atoms with Crippen LogP contribution < -0.4 is 15.9 Å². The molecule has 210 valence electrons. The van der Waals surface area contributed by atoms with Crippen molar-refractivity contribution >= 4 is 42.3 Å². The molecule has 1 saturated heterocycles. The Kier molecular flexibility index (Phi) is 10.8. The molecule has 0 amide bonds. The number of phosphoric acid groups is 1. The second-order valence-corrected chi connectivity index (χ2v) is 13.6. The highest BCUT2D eigenvalue weighted by Gasteiger charge is 2.46. The number of carbonyl (C=O) groups excluding carboxylic acids is 1. The van der Waals surface area contributed by atoms with Crippen LogP contribution in [0.2, 0.25) is 0 Å². The first-order chi connectivity index (χ1) is 17.9. The standard InChI is InChI=1S/C24H33FN3O7PS2/c1-24(2,3)22(30)37-14-8-7-13-33-36(32,35-16-9-5-4-6-10-16)34-15-17-20(29)19(25)21(38-17)28-12-11-18(26)27-23(28)31/h4-6,9-12,17,19-21,29H,7-8,13-15H2,1-3H3,(H2,26,27,31)/t17-,19+,20-,21-,36?/m1/s1. The van der Waals surface area contributed by atoms with Crippen LogP contribution in [0.3, 0.4) is 0 Å². The predicted molar refractivity (Wildman–Crippen MR) is 147 cm³/mol. The van der Waals surface area contributed by atoms with Gasteiger partial charge in [0, 0.05) is 17.4 Å². The minimum absolute atomic E-state index is 0.000584. The van der Waals surface area contributed by atoms with E-state index in [-0.39, 0.29) is 29.9 Å². The van der Waals surface area contributed by atoms with Crippen LogP contribution in [0.25, 0.3) is 0 Å². The van der Waals surface area contributed by atoms with Gasteiger partial charge in [0.05, 0.1) is 18.5 Å². The molecule has 10 nitrogen and oxygen atoms in total. The van der Waals surface area contributed by atoms with Crippen LogP contribution in [-0.2, 0) is 18.4 Å². The number of alkyl halides is 1. The second-order valence-electron chi connectivity index (χ2n) is 9.62. The topological polar surface area (TPSA) is 143 Å². The number of unbranched alkanes of at least 4 members (excludes halogenated alkanes) is 1. The summed E-state index contributed by atoms with van der Waals surface area (Å²) in [5.41, 5.74) is 4.33. The normalized spacial score (nSPS) is 23.2. The number of hydrogen-bond donors (Lipinski definition) is 2. The summed E-state index contributed by atoms with van der Waals surface area (Å²) in [5, 5.41) is 8.62. The van der Waals surface area contributed by atoms with Crippen molar-refractivity contribution in [3.8, 4) is 5.75 Å². The van der Waals surface area contributed by atoms with Crippen LogP contribution in [0.15, 0.2) is 47.4 Å². The first kappa shape index (κ1) is 30.6. The quantitative estimate of drug-likeness (QED) is 0.268. The number of nitrogens with two attached hydrogens (primary N) is 1. The molecule has 0 spiro atoms. The number of halogens is 1. The van der Waals surface area contributed by atoms with Gasteiger partial charge in [-0.3, -0.25) is 18.4 Å². The number of benzene rings is 1. The summed E-state index contributed by atoms with van der Waals surface area (Å²) in [6.45, 7) is 5.25. The third-order valence-corrected chi connectivity index (χ3v) is 9.71. The number of phosphoric ester groups is 1. The number of aliphatic hydroxyl groups excluding tert-OH is 1. The summed E-state index contributed by atoms with van der Waals surface area (Å²) < 4.78 is 46.0. The molecule has 2 heterocycles. The lowest BCUT2D eigenvalue weighted by molar-refractivity contribution is -0.117.